The van der Waals surface area contributed by atoms with Crippen LogP contribution in [0.3, 0.4) is 0 Å². The van der Waals surface area contributed by atoms with Crippen molar-refractivity contribution in [3.63, 3.8) is 0 Å². The summed E-state index contributed by atoms with van der Waals surface area (Å²) in [5, 5.41) is 7.29. The van der Waals surface area contributed by atoms with E-state index >= 15 is 0 Å². The topological polar surface area (TPSA) is 191 Å². The molecule has 1 amide bonds. The fourth-order valence-electron chi connectivity index (χ4n) is 6.03. The molecule has 0 aliphatic heterocycles. The van der Waals surface area contributed by atoms with Gasteiger partial charge in [0, 0.05) is 92.2 Å². The highest BCUT2D eigenvalue weighted by atomic mass is 32.2. The minimum Gasteiger partial charge on any atom is -0.326 e. The van der Waals surface area contributed by atoms with Crippen molar-refractivity contribution in [1.29, 1.82) is 0 Å². The number of hydrogen-bond donors (Lipinski definition) is 1. The molecule has 12 nitrogen and oxygen atoms in total. The Morgan fingerprint density at radius 3 is 1.57 bits per heavy atom. The molecule has 9 aromatic rings. The highest BCUT2D eigenvalue weighted by molar-refractivity contribution is 7.98. The number of nitrogens with one attached hydrogen (secondary N) is 1. The first kappa shape index (κ1) is 67.7. The minimum atomic E-state index is -4.33. The van der Waals surface area contributed by atoms with Crippen molar-refractivity contribution in [1.82, 2.24) is 9.97 Å². The number of pyridine rings is 2. The van der Waals surface area contributed by atoms with Crippen LogP contribution in [0.15, 0.2) is 210 Å². The molecule has 81 heavy (non-hydrogen) atoms. The molecule has 3 aromatic heterocycles. The summed E-state index contributed by atoms with van der Waals surface area (Å²) in [6.07, 6.45) is 9.38. The SMILES string of the molecule is CC(=O)Nc1ccc(C=O)cc1.CC(CC=O)c1ccccc1.CSc1ccc(C=O)cc1.Cc1cccc(C=O)c1.O=Cc1ccc(C(F)(F)F)cc1.O=Cc1cccnc1.O=Cc1ccsc1.O=Cc1cnc2ccccc2c1. The molecule has 0 aliphatic rings. The number of para-hydroxylation sites is 1. The van der Waals surface area contributed by atoms with Gasteiger partial charge in [-0.05, 0) is 115 Å². The van der Waals surface area contributed by atoms with Crippen LogP contribution in [0.1, 0.15) is 115 Å². The van der Waals surface area contributed by atoms with Crippen molar-refractivity contribution < 1.29 is 56.3 Å². The zero-order valence-electron chi connectivity index (χ0n) is 44.6. The van der Waals surface area contributed by atoms with Gasteiger partial charge < -0.3 is 10.1 Å². The van der Waals surface area contributed by atoms with Crippen LogP contribution in [0.5, 0.6) is 0 Å². The molecule has 0 radical (unpaired) electrons. The molecule has 0 bridgehead atoms. The zero-order valence-corrected chi connectivity index (χ0v) is 46.2. The summed E-state index contributed by atoms with van der Waals surface area (Å²) in [5.41, 5.74) is 7.56. The van der Waals surface area contributed by atoms with E-state index < -0.39 is 11.7 Å². The van der Waals surface area contributed by atoms with Gasteiger partial charge in [0.15, 0.2) is 18.9 Å². The number of thioether (sulfide) groups is 1. The average Bonchev–Trinajstić information content (AvgIpc) is 4.06. The van der Waals surface area contributed by atoms with E-state index in [1.807, 2.05) is 127 Å². The first-order valence-corrected chi connectivity index (χ1v) is 26.4. The highest BCUT2D eigenvalue weighted by Crippen LogP contribution is 2.29. The Balaban J connectivity index is 0.000000318. The average molecular weight is 1130 g/mol. The number of alkyl halides is 3. The van der Waals surface area contributed by atoms with Crippen LogP contribution in [0.4, 0.5) is 18.9 Å². The molecule has 0 spiro atoms. The van der Waals surface area contributed by atoms with Gasteiger partial charge in [-0.1, -0.05) is 103 Å². The first-order valence-electron chi connectivity index (χ1n) is 24.2. The number of fused-ring (bicyclic) bond motifs is 1. The molecule has 3 heterocycles. The maximum Gasteiger partial charge on any atom is 0.416 e. The second-order valence-electron chi connectivity index (χ2n) is 16.5. The number of anilines is 1. The van der Waals surface area contributed by atoms with E-state index in [1.165, 1.54) is 34.9 Å². The molecule has 17 heteroatoms. The summed E-state index contributed by atoms with van der Waals surface area (Å²) in [5.74, 6) is 0.238. The van der Waals surface area contributed by atoms with Gasteiger partial charge in [-0.15, -0.1) is 11.8 Å². The number of carbonyl (C=O) groups excluding carboxylic acids is 9. The third-order valence-corrected chi connectivity index (χ3v) is 11.7. The second-order valence-corrected chi connectivity index (χ2v) is 18.1. The molecule has 0 fully saturated rings. The number of halogens is 3. The van der Waals surface area contributed by atoms with Crippen LogP contribution in [-0.2, 0) is 15.8 Å². The summed E-state index contributed by atoms with van der Waals surface area (Å²) in [4.78, 5) is 101. The van der Waals surface area contributed by atoms with Crippen LogP contribution in [-0.4, -0.2) is 72.4 Å². The smallest absolute Gasteiger partial charge is 0.326 e. The van der Waals surface area contributed by atoms with Crippen molar-refractivity contribution in [2.24, 2.45) is 0 Å². The largest absolute Gasteiger partial charge is 0.416 e. The van der Waals surface area contributed by atoms with E-state index in [0.717, 1.165) is 101 Å². The molecule has 1 N–H and O–H groups in total. The van der Waals surface area contributed by atoms with Crippen molar-refractivity contribution >= 4 is 95.9 Å². The molecule has 0 saturated carbocycles. The summed E-state index contributed by atoms with van der Waals surface area (Å²) in [7, 11) is 0. The van der Waals surface area contributed by atoms with Crippen LogP contribution in [0, 0.1) is 6.92 Å². The Labute approximate surface area is 476 Å². The predicted molar refractivity (Wildman–Crippen MR) is 315 cm³/mol. The molecule has 9 rings (SSSR count). The number of hydrogen-bond acceptors (Lipinski definition) is 13. The van der Waals surface area contributed by atoms with Gasteiger partial charge in [0.25, 0.3) is 0 Å². The number of aryl methyl sites for hydroxylation is 1. The van der Waals surface area contributed by atoms with Crippen molar-refractivity contribution in [2.75, 3.05) is 11.6 Å². The van der Waals surface area contributed by atoms with Gasteiger partial charge in [-0.3, -0.25) is 48.3 Å². The lowest BCUT2D eigenvalue weighted by molar-refractivity contribution is -0.137. The summed E-state index contributed by atoms with van der Waals surface area (Å²) in [6, 6.07) is 50.5. The van der Waals surface area contributed by atoms with Gasteiger partial charge in [0.2, 0.25) is 5.91 Å². The van der Waals surface area contributed by atoms with E-state index in [2.05, 4.69) is 22.2 Å². The van der Waals surface area contributed by atoms with Crippen LogP contribution in [0.2, 0.25) is 0 Å². The van der Waals surface area contributed by atoms with Crippen LogP contribution < -0.4 is 5.32 Å². The maximum atomic E-state index is 11.9. The Hall–Kier alpha value is -9.45. The molecule has 416 valence electrons. The fourth-order valence-corrected chi connectivity index (χ4v) is 7.04. The third kappa shape index (κ3) is 29.2. The predicted octanol–water partition coefficient (Wildman–Crippen LogP) is 14.9. The summed E-state index contributed by atoms with van der Waals surface area (Å²) in [6.45, 7) is 5.46. The number of benzene rings is 6. The summed E-state index contributed by atoms with van der Waals surface area (Å²) >= 11 is 3.20. The normalized spacial score (nSPS) is 9.91. The lowest BCUT2D eigenvalue weighted by atomic mass is 9.99. The Morgan fingerprint density at radius 1 is 0.580 bits per heavy atom. The lowest BCUT2D eigenvalue weighted by Gasteiger charge is -2.06. The zero-order chi connectivity index (χ0) is 59.7. The number of rotatable bonds is 12. The molecule has 0 saturated heterocycles. The van der Waals surface area contributed by atoms with E-state index in [0.29, 0.717) is 41.0 Å². The number of carbonyl (C=O) groups is 9. The molecular weight excluding hydrogens is 1080 g/mol. The van der Waals surface area contributed by atoms with Gasteiger partial charge >= 0.3 is 6.18 Å². The molecule has 0 aliphatic carbocycles. The van der Waals surface area contributed by atoms with Gasteiger partial charge in [-0.25, -0.2) is 0 Å². The van der Waals surface area contributed by atoms with E-state index in [9.17, 15) is 56.3 Å². The summed E-state index contributed by atoms with van der Waals surface area (Å²) < 4.78 is 35.8. The Morgan fingerprint density at radius 2 is 1.12 bits per heavy atom. The van der Waals surface area contributed by atoms with Gasteiger partial charge in [0.05, 0.1) is 11.1 Å². The Bertz CT molecular complexity index is 3270. The van der Waals surface area contributed by atoms with E-state index in [1.54, 1.807) is 72.7 Å². The molecular formula is C64H58F3N3O9S2. The number of amides is 1. The first-order chi connectivity index (χ1) is 39.1. The van der Waals surface area contributed by atoms with E-state index in [-0.39, 0.29) is 11.5 Å². The highest BCUT2D eigenvalue weighted by Gasteiger charge is 2.29. The van der Waals surface area contributed by atoms with Gasteiger partial charge in [-0.2, -0.15) is 24.5 Å². The van der Waals surface area contributed by atoms with Crippen LogP contribution in [0.25, 0.3) is 10.9 Å². The standard InChI is InChI=1S/C10H7NO.C10H12O.C9H9NO2.C8H5F3O.C8H8OS.C8H8O.C6H5NO.C5H4OS/c12-7-8-5-9-3-1-2-4-10(9)11-6-8;1-9(7-8-11)10-5-3-2-4-6-10;1-7(12)10-9-4-2-8(6-11)3-5-9;9-8(10,11)7-3-1-6(5-12)2-4-7;1-10-8-4-2-7(6-9)3-5-8;1-7-3-2-4-8(5-7)6-9;8-5-6-2-1-3-7-4-6;6-3-5-1-2-7-4-5/h1-7H;2-6,8-9H,7H2,1H3;2-6H,1H3,(H,10,12);1-5H;2-6H,1H3;2-6H,1H3;1-5H;1-4H. The number of nitrogens with zero attached hydrogens (tertiary/aromatic N) is 2. The number of aldehydes is 8. The fraction of sp³-hybridized carbons (Fsp3) is 0.109. The van der Waals surface area contributed by atoms with E-state index in [4.69, 9.17) is 0 Å². The van der Waals surface area contributed by atoms with Crippen molar-refractivity contribution in [3.05, 3.63) is 261 Å². The lowest BCUT2D eigenvalue weighted by Crippen LogP contribution is -2.05. The Kier molecular flexibility index (Phi) is 33.3. The van der Waals surface area contributed by atoms with Crippen molar-refractivity contribution in [2.45, 2.75) is 44.2 Å². The van der Waals surface area contributed by atoms with Crippen LogP contribution >= 0.6 is 23.1 Å². The minimum absolute atomic E-state index is 0.117. The molecule has 1 unspecified atom stereocenters. The number of aromatic nitrogens is 2. The molecule has 1 atom stereocenters. The third-order valence-electron chi connectivity index (χ3n) is 10.2. The second kappa shape index (κ2) is 39.8. The van der Waals surface area contributed by atoms with Gasteiger partial charge in [0.1, 0.15) is 31.4 Å². The number of thiophene rings is 1. The molecule has 6 aromatic carbocycles. The monoisotopic (exact) mass is 1130 g/mol. The maximum absolute atomic E-state index is 11.9. The quantitative estimate of drug-likeness (QED) is 0.0901. The van der Waals surface area contributed by atoms with Crippen molar-refractivity contribution in [3.8, 4) is 0 Å².